The Morgan fingerprint density at radius 3 is 3.25 bits per heavy atom. The Morgan fingerprint density at radius 1 is 1.38 bits per heavy atom. The minimum Gasteiger partial charge on any atom is -0.497 e. The zero-order valence-corrected chi connectivity index (χ0v) is 14.0. The fourth-order valence-electron chi connectivity index (χ4n) is 4.04. The lowest BCUT2D eigenvalue weighted by molar-refractivity contribution is 0.0998. The van der Waals surface area contributed by atoms with Gasteiger partial charge < -0.3 is 19.3 Å². The molecule has 2 aliphatic rings. The summed E-state index contributed by atoms with van der Waals surface area (Å²) >= 11 is 0. The molecule has 0 spiro atoms. The van der Waals surface area contributed by atoms with Gasteiger partial charge in [-0.2, -0.15) is 4.98 Å². The van der Waals surface area contributed by atoms with Crippen LogP contribution in [0, 0.1) is 5.92 Å². The largest absolute Gasteiger partial charge is 0.497 e. The molecule has 0 amide bonds. The van der Waals surface area contributed by atoms with E-state index in [2.05, 4.69) is 15.5 Å². The molecule has 24 heavy (non-hydrogen) atoms. The van der Waals surface area contributed by atoms with Gasteiger partial charge in [0.25, 0.3) is 0 Å². The lowest BCUT2D eigenvalue weighted by atomic mass is 9.80. The summed E-state index contributed by atoms with van der Waals surface area (Å²) in [6, 6.07) is 7.85. The van der Waals surface area contributed by atoms with Crippen molar-refractivity contribution in [2.24, 2.45) is 5.92 Å². The first-order valence-corrected chi connectivity index (χ1v) is 8.55. The van der Waals surface area contributed by atoms with E-state index in [0.29, 0.717) is 25.0 Å². The van der Waals surface area contributed by atoms with Crippen LogP contribution in [0.1, 0.15) is 36.5 Å². The van der Waals surface area contributed by atoms with Crippen LogP contribution in [0.5, 0.6) is 5.75 Å². The lowest BCUT2D eigenvalue weighted by Crippen LogP contribution is -2.31. The molecule has 1 N–H and O–H groups in total. The van der Waals surface area contributed by atoms with E-state index in [1.54, 1.807) is 7.11 Å². The highest BCUT2D eigenvalue weighted by molar-refractivity contribution is 5.27. The molecule has 128 valence electrons. The van der Waals surface area contributed by atoms with Crippen LogP contribution in [0.2, 0.25) is 0 Å². The number of hydrogen-bond donors (Lipinski definition) is 1. The SMILES string of the molecule is COc1cccc(COCc2noc([C@@]34CCC[C@@H]3CNC4)n2)c1. The first-order chi connectivity index (χ1) is 11.8. The van der Waals surface area contributed by atoms with Gasteiger partial charge >= 0.3 is 0 Å². The molecule has 1 saturated carbocycles. The Labute approximate surface area is 141 Å². The van der Waals surface area contributed by atoms with Crippen molar-refractivity contribution in [2.75, 3.05) is 20.2 Å². The molecule has 1 aromatic heterocycles. The molecule has 1 saturated heterocycles. The van der Waals surface area contributed by atoms with Gasteiger partial charge in [0.2, 0.25) is 5.89 Å². The van der Waals surface area contributed by atoms with E-state index < -0.39 is 0 Å². The summed E-state index contributed by atoms with van der Waals surface area (Å²) in [6.07, 6.45) is 3.63. The fourth-order valence-corrected chi connectivity index (χ4v) is 4.04. The van der Waals surface area contributed by atoms with Gasteiger partial charge in [-0.25, -0.2) is 0 Å². The number of ether oxygens (including phenoxy) is 2. The molecule has 2 fully saturated rings. The number of methoxy groups -OCH3 is 1. The molecule has 0 radical (unpaired) electrons. The van der Waals surface area contributed by atoms with E-state index in [4.69, 9.17) is 14.0 Å². The summed E-state index contributed by atoms with van der Waals surface area (Å²) in [5, 5.41) is 7.59. The monoisotopic (exact) mass is 329 g/mol. The van der Waals surface area contributed by atoms with E-state index in [0.717, 1.165) is 36.7 Å². The molecule has 2 aromatic rings. The molecule has 0 bridgehead atoms. The predicted molar refractivity (Wildman–Crippen MR) is 87.7 cm³/mol. The van der Waals surface area contributed by atoms with Crippen molar-refractivity contribution in [3.8, 4) is 5.75 Å². The van der Waals surface area contributed by atoms with Crippen molar-refractivity contribution in [1.29, 1.82) is 0 Å². The predicted octanol–water partition coefficient (Wildman–Crippen LogP) is 2.44. The summed E-state index contributed by atoms with van der Waals surface area (Å²) in [5.41, 5.74) is 1.12. The van der Waals surface area contributed by atoms with Gasteiger partial charge in [0.15, 0.2) is 5.82 Å². The second kappa shape index (κ2) is 6.53. The van der Waals surface area contributed by atoms with E-state index in [9.17, 15) is 0 Å². The minimum absolute atomic E-state index is 0.0536. The maximum Gasteiger partial charge on any atom is 0.234 e. The van der Waals surface area contributed by atoms with Gasteiger partial charge in [0.05, 0.1) is 19.1 Å². The summed E-state index contributed by atoms with van der Waals surface area (Å²) in [4.78, 5) is 4.62. The molecule has 4 rings (SSSR count). The highest BCUT2D eigenvalue weighted by Crippen LogP contribution is 2.47. The first kappa shape index (κ1) is 15.6. The summed E-state index contributed by atoms with van der Waals surface area (Å²) in [6.45, 7) is 2.86. The second-order valence-corrected chi connectivity index (χ2v) is 6.74. The number of rotatable bonds is 6. The van der Waals surface area contributed by atoms with E-state index in [1.807, 2.05) is 24.3 Å². The smallest absolute Gasteiger partial charge is 0.234 e. The summed E-state index contributed by atoms with van der Waals surface area (Å²) < 4.78 is 16.5. The molecule has 1 aliphatic heterocycles. The number of benzene rings is 1. The summed E-state index contributed by atoms with van der Waals surface area (Å²) in [7, 11) is 1.66. The second-order valence-electron chi connectivity index (χ2n) is 6.74. The Hall–Kier alpha value is -1.92. The maximum absolute atomic E-state index is 5.73. The van der Waals surface area contributed by atoms with Crippen molar-refractivity contribution in [3.05, 3.63) is 41.5 Å². The number of nitrogens with one attached hydrogen (secondary N) is 1. The molecular weight excluding hydrogens is 306 g/mol. The van der Waals surface area contributed by atoms with Gasteiger partial charge in [-0.3, -0.25) is 0 Å². The van der Waals surface area contributed by atoms with Crippen LogP contribution in [0.15, 0.2) is 28.8 Å². The van der Waals surface area contributed by atoms with Crippen LogP contribution < -0.4 is 10.1 Å². The third-order valence-corrected chi connectivity index (χ3v) is 5.32. The molecule has 6 nitrogen and oxygen atoms in total. The highest BCUT2D eigenvalue weighted by atomic mass is 16.5. The number of nitrogens with zero attached hydrogens (tertiary/aromatic N) is 2. The lowest BCUT2D eigenvalue weighted by Gasteiger charge is -2.22. The van der Waals surface area contributed by atoms with Crippen LogP contribution >= 0.6 is 0 Å². The van der Waals surface area contributed by atoms with E-state index in [-0.39, 0.29) is 5.41 Å². The van der Waals surface area contributed by atoms with Gasteiger partial charge in [-0.15, -0.1) is 0 Å². The summed E-state index contributed by atoms with van der Waals surface area (Å²) in [5.74, 6) is 2.87. The minimum atomic E-state index is 0.0536. The van der Waals surface area contributed by atoms with Crippen LogP contribution in [-0.4, -0.2) is 30.3 Å². The fraction of sp³-hybridized carbons (Fsp3) is 0.556. The zero-order valence-electron chi connectivity index (χ0n) is 14.0. The van der Waals surface area contributed by atoms with E-state index >= 15 is 0 Å². The van der Waals surface area contributed by atoms with Crippen molar-refractivity contribution in [1.82, 2.24) is 15.5 Å². The van der Waals surface area contributed by atoms with E-state index in [1.165, 1.54) is 12.8 Å². The standard InChI is InChI=1S/C18H23N3O3/c1-22-15-6-2-4-13(8-15)10-23-11-16-20-17(24-21-16)18-7-3-5-14(18)9-19-12-18/h2,4,6,8,14,19H,3,5,7,9-12H2,1H3/t14-,18-/m1/s1. The average molecular weight is 329 g/mol. The molecule has 2 atom stereocenters. The van der Waals surface area contributed by atoms with Crippen molar-refractivity contribution < 1.29 is 14.0 Å². The third-order valence-electron chi connectivity index (χ3n) is 5.32. The van der Waals surface area contributed by atoms with Crippen LogP contribution in [0.25, 0.3) is 0 Å². The van der Waals surface area contributed by atoms with Gasteiger partial charge in [-0.05, 0) is 43.0 Å². The quantitative estimate of drug-likeness (QED) is 0.878. The van der Waals surface area contributed by atoms with Crippen LogP contribution in [0.4, 0.5) is 0 Å². The van der Waals surface area contributed by atoms with Gasteiger partial charge in [-0.1, -0.05) is 23.7 Å². The molecule has 1 aromatic carbocycles. The Bertz CT molecular complexity index is 690. The number of fused-ring (bicyclic) bond motifs is 1. The highest BCUT2D eigenvalue weighted by Gasteiger charge is 2.51. The molecule has 6 heteroatoms. The van der Waals surface area contributed by atoms with Crippen LogP contribution in [-0.2, 0) is 23.4 Å². The third kappa shape index (κ3) is 2.80. The number of aromatic nitrogens is 2. The Kier molecular flexibility index (Phi) is 4.24. The maximum atomic E-state index is 5.73. The molecule has 1 aliphatic carbocycles. The first-order valence-electron chi connectivity index (χ1n) is 8.55. The molecule has 2 heterocycles. The van der Waals surface area contributed by atoms with Crippen molar-refractivity contribution in [3.63, 3.8) is 0 Å². The van der Waals surface area contributed by atoms with Crippen molar-refractivity contribution in [2.45, 2.75) is 37.9 Å². The topological polar surface area (TPSA) is 69.4 Å². The Balaban J connectivity index is 1.37. The van der Waals surface area contributed by atoms with Crippen molar-refractivity contribution >= 4 is 0 Å². The van der Waals surface area contributed by atoms with Gasteiger partial charge in [0.1, 0.15) is 12.4 Å². The zero-order chi connectivity index (χ0) is 16.4. The average Bonchev–Trinajstić information content (AvgIpc) is 3.30. The molecular formula is C18H23N3O3. The molecule has 0 unspecified atom stereocenters. The van der Waals surface area contributed by atoms with Crippen LogP contribution in [0.3, 0.4) is 0 Å². The normalized spacial score (nSPS) is 25.8. The van der Waals surface area contributed by atoms with Gasteiger partial charge in [0, 0.05) is 6.54 Å². The Morgan fingerprint density at radius 2 is 2.33 bits per heavy atom. The number of hydrogen-bond acceptors (Lipinski definition) is 6.